The Hall–Kier alpha value is -2.30. The van der Waals surface area contributed by atoms with Crippen molar-refractivity contribution in [2.75, 3.05) is 5.32 Å². The van der Waals surface area contributed by atoms with Crippen molar-refractivity contribution in [3.05, 3.63) is 69.7 Å². The van der Waals surface area contributed by atoms with E-state index in [1.165, 1.54) is 12.1 Å². The molecule has 0 saturated heterocycles. The van der Waals surface area contributed by atoms with E-state index in [0.717, 1.165) is 5.56 Å². The summed E-state index contributed by atoms with van der Waals surface area (Å²) in [6.45, 7) is 0. The Kier molecular flexibility index (Phi) is 5.20. The van der Waals surface area contributed by atoms with Crippen LogP contribution in [0.3, 0.4) is 0 Å². The predicted molar refractivity (Wildman–Crippen MR) is 89.1 cm³/mol. The van der Waals surface area contributed by atoms with Crippen LogP contribution in [0, 0.1) is 0 Å². The first-order valence-corrected chi connectivity index (χ1v) is 7.05. The number of hydrogen-bond acceptors (Lipinski definition) is 2. The molecule has 2 amide bonds. The fourth-order valence-electron chi connectivity index (χ4n) is 1.72. The van der Waals surface area contributed by atoms with Crippen LogP contribution in [0.25, 0.3) is 6.08 Å². The van der Waals surface area contributed by atoms with Gasteiger partial charge in [0.15, 0.2) is 0 Å². The summed E-state index contributed by atoms with van der Waals surface area (Å²) in [4.78, 5) is 22.9. The molecule has 6 heteroatoms. The number of nitrogens with one attached hydrogen (secondary N) is 1. The highest BCUT2D eigenvalue weighted by Crippen LogP contribution is 2.23. The van der Waals surface area contributed by atoms with E-state index in [2.05, 4.69) is 5.32 Å². The van der Waals surface area contributed by atoms with Gasteiger partial charge in [-0.25, -0.2) is 0 Å². The summed E-state index contributed by atoms with van der Waals surface area (Å²) in [5.41, 5.74) is 6.74. The zero-order chi connectivity index (χ0) is 16.1. The van der Waals surface area contributed by atoms with Gasteiger partial charge in [-0.05, 0) is 42.0 Å². The van der Waals surface area contributed by atoms with Gasteiger partial charge in [-0.1, -0.05) is 35.3 Å². The first-order valence-electron chi connectivity index (χ1n) is 6.29. The second-order valence-corrected chi connectivity index (χ2v) is 5.26. The Morgan fingerprint density at radius 3 is 2.50 bits per heavy atom. The average molecular weight is 335 g/mol. The lowest BCUT2D eigenvalue weighted by atomic mass is 10.2. The number of nitrogens with two attached hydrogens (primary N) is 1. The molecule has 0 fully saturated rings. The zero-order valence-electron chi connectivity index (χ0n) is 11.3. The van der Waals surface area contributed by atoms with E-state index in [9.17, 15) is 9.59 Å². The van der Waals surface area contributed by atoms with Gasteiger partial charge in [-0.3, -0.25) is 9.59 Å². The molecule has 0 heterocycles. The van der Waals surface area contributed by atoms with Gasteiger partial charge >= 0.3 is 0 Å². The van der Waals surface area contributed by atoms with Crippen LogP contribution >= 0.6 is 23.2 Å². The number of amides is 2. The van der Waals surface area contributed by atoms with Crippen molar-refractivity contribution < 1.29 is 9.59 Å². The Morgan fingerprint density at radius 1 is 1.05 bits per heavy atom. The van der Waals surface area contributed by atoms with Gasteiger partial charge in [0, 0.05) is 17.3 Å². The van der Waals surface area contributed by atoms with E-state index in [0.29, 0.717) is 21.3 Å². The van der Waals surface area contributed by atoms with Crippen LogP contribution in [0.15, 0.2) is 48.5 Å². The highest BCUT2D eigenvalue weighted by molar-refractivity contribution is 6.42. The van der Waals surface area contributed by atoms with E-state index >= 15 is 0 Å². The summed E-state index contributed by atoms with van der Waals surface area (Å²) in [7, 11) is 0. The number of primary amides is 1. The highest BCUT2D eigenvalue weighted by Gasteiger charge is 2.03. The minimum absolute atomic E-state index is 0.325. The largest absolute Gasteiger partial charge is 0.366 e. The quantitative estimate of drug-likeness (QED) is 0.836. The van der Waals surface area contributed by atoms with E-state index < -0.39 is 5.91 Å². The molecule has 3 N–H and O–H groups in total. The normalized spacial score (nSPS) is 10.6. The van der Waals surface area contributed by atoms with Crippen LogP contribution in [0.2, 0.25) is 10.0 Å². The molecule has 112 valence electrons. The average Bonchev–Trinajstić information content (AvgIpc) is 2.49. The summed E-state index contributed by atoms with van der Waals surface area (Å²) in [6.07, 6.45) is 2.96. The number of carbonyl (C=O) groups excluding carboxylic acids is 2. The van der Waals surface area contributed by atoms with Gasteiger partial charge in [0.2, 0.25) is 11.8 Å². The van der Waals surface area contributed by atoms with Crippen molar-refractivity contribution in [1.82, 2.24) is 0 Å². The molecule has 0 bridgehead atoms. The number of anilines is 1. The maximum absolute atomic E-state index is 11.8. The molecule has 2 aromatic rings. The summed E-state index contributed by atoms with van der Waals surface area (Å²) < 4.78 is 0. The minimum Gasteiger partial charge on any atom is -0.366 e. The number of rotatable bonds is 4. The van der Waals surface area contributed by atoms with E-state index in [-0.39, 0.29) is 5.91 Å². The van der Waals surface area contributed by atoms with Gasteiger partial charge in [-0.2, -0.15) is 0 Å². The predicted octanol–water partition coefficient (Wildman–Crippen LogP) is 3.74. The van der Waals surface area contributed by atoms with E-state index in [1.807, 2.05) is 0 Å². The third-order valence-electron chi connectivity index (χ3n) is 2.79. The van der Waals surface area contributed by atoms with Crippen molar-refractivity contribution in [1.29, 1.82) is 0 Å². The molecule has 0 aliphatic carbocycles. The molecule has 2 rings (SSSR count). The lowest BCUT2D eigenvalue weighted by Crippen LogP contribution is -2.12. The standard InChI is InChI=1S/C16H12Cl2N2O2/c17-13-6-4-10(8-14(13)18)5-7-15(21)20-12-3-1-2-11(9-12)16(19)22/h1-9H,(H2,19,22)(H,20,21)/b7-5+. The van der Waals surface area contributed by atoms with Crippen molar-refractivity contribution in [3.8, 4) is 0 Å². The van der Waals surface area contributed by atoms with Crippen LogP contribution in [-0.2, 0) is 4.79 Å². The maximum atomic E-state index is 11.8. The number of halogens is 2. The van der Waals surface area contributed by atoms with Gasteiger partial charge in [0.25, 0.3) is 0 Å². The Bertz CT molecular complexity index is 758. The monoisotopic (exact) mass is 334 g/mol. The van der Waals surface area contributed by atoms with Crippen LogP contribution in [0.1, 0.15) is 15.9 Å². The van der Waals surface area contributed by atoms with Gasteiger partial charge in [-0.15, -0.1) is 0 Å². The molecule has 0 unspecified atom stereocenters. The fraction of sp³-hybridized carbons (Fsp3) is 0. The van der Waals surface area contributed by atoms with E-state index in [1.54, 1.807) is 42.5 Å². The molecule has 2 aromatic carbocycles. The molecule has 22 heavy (non-hydrogen) atoms. The van der Waals surface area contributed by atoms with Crippen LogP contribution in [0.4, 0.5) is 5.69 Å². The topological polar surface area (TPSA) is 72.2 Å². The maximum Gasteiger partial charge on any atom is 0.248 e. The first kappa shape index (κ1) is 16.1. The highest BCUT2D eigenvalue weighted by atomic mass is 35.5. The number of carbonyl (C=O) groups is 2. The molecule has 0 saturated carbocycles. The zero-order valence-corrected chi connectivity index (χ0v) is 12.9. The molecule has 0 atom stereocenters. The Morgan fingerprint density at radius 2 is 1.82 bits per heavy atom. The van der Waals surface area contributed by atoms with Crippen molar-refractivity contribution in [2.24, 2.45) is 5.73 Å². The van der Waals surface area contributed by atoms with Gasteiger partial charge in [0.1, 0.15) is 0 Å². The SMILES string of the molecule is NC(=O)c1cccc(NC(=O)/C=C/c2ccc(Cl)c(Cl)c2)c1. The van der Waals surface area contributed by atoms with Crippen molar-refractivity contribution >= 4 is 46.8 Å². The molecule has 0 radical (unpaired) electrons. The molecule has 0 aromatic heterocycles. The number of benzene rings is 2. The van der Waals surface area contributed by atoms with Crippen molar-refractivity contribution in [3.63, 3.8) is 0 Å². The lowest BCUT2D eigenvalue weighted by Gasteiger charge is -2.03. The lowest BCUT2D eigenvalue weighted by molar-refractivity contribution is -0.111. The second kappa shape index (κ2) is 7.11. The minimum atomic E-state index is -0.553. The Labute approximate surface area is 137 Å². The smallest absolute Gasteiger partial charge is 0.248 e. The molecule has 4 nitrogen and oxygen atoms in total. The molecular formula is C16H12Cl2N2O2. The van der Waals surface area contributed by atoms with Crippen LogP contribution in [-0.4, -0.2) is 11.8 Å². The molecule has 0 spiro atoms. The molecule has 0 aliphatic rings. The first-order chi connectivity index (χ1) is 10.5. The second-order valence-electron chi connectivity index (χ2n) is 4.44. The van der Waals surface area contributed by atoms with Crippen LogP contribution < -0.4 is 11.1 Å². The molecule has 0 aliphatic heterocycles. The molecular weight excluding hydrogens is 323 g/mol. The summed E-state index contributed by atoms with van der Waals surface area (Å²) in [5.74, 6) is -0.893. The third-order valence-corrected chi connectivity index (χ3v) is 3.52. The fourth-order valence-corrected chi connectivity index (χ4v) is 2.03. The summed E-state index contributed by atoms with van der Waals surface area (Å²) in [6, 6.07) is 11.4. The summed E-state index contributed by atoms with van der Waals surface area (Å²) >= 11 is 11.7. The summed E-state index contributed by atoms with van der Waals surface area (Å²) in [5, 5.41) is 3.51. The van der Waals surface area contributed by atoms with Crippen LogP contribution in [0.5, 0.6) is 0 Å². The third kappa shape index (κ3) is 4.35. The van der Waals surface area contributed by atoms with E-state index in [4.69, 9.17) is 28.9 Å². The Balaban J connectivity index is 2.06. The van der Waals surface area contributed by atoms with Gasteiger partial charge in [0.05, 0.1) is 10.0 Å². The van der Waals surface area contributed by atoms with Gasteiger partial charge < -0.3 is 11.1 Å². The van der Waals surface area contributed by atoms with Crippen molar-refractivity contribution in [2.45, 2.75) is 0 Å². The number of hydrogen-bond donors (Lipinski definition) is 2.